The molecular weight excluding hydrogens is 274 g/mol. The highest BCUT2D eigenvalue weighted by Gasteiger charge is 2.11. The predicted molar refractivity (Wildman–Crippen MR) is 61.3 cm³/mol. The zero-order valence-electron chi connectivity index (χ0n) is 8.38. The van der Waals surface area contributed by atoms with E-state index in [1.807, 2.05) is 6.07 Å². The number of hydrogen-bond donors (Lipinski definition) is 1. The van der Waals surface area contributed by atoms with Crippen LogP contribution in [0.4, 0.5) is 4.79 Å². The maximum atomic E-state index is 10.7. The number of pyridine rings is 1. The van der Waals surface area contributed by atoms with Crippen molar-refractivity contribution in [2.45, 2.75) is 6.92 Å². The van der Waals surface area contributed by atoms with Crippen LogP contribution in [-0.4, -0.2) is 26.0 Å². The summed E-state index contributed by atoms with van der Waals surface area (Å²) in [5, 5.41) is 12.7. The molecule has 0 saturated heterocycles. The first-order chi connectivity index (χ1) is 7.58. The van der Waals surface area contributed by atoms with Crippen LogP contribution >= 0.6 is 15.9 Å². The minimum atomic E-state index is -1.11. The van der Waals surface area contributed by atoms with Gasteiger partial charge in [-0.3, -0.25) is 0 Å². The number of hydrogen-bond acceptors (Lipinski definition) is 3. The second-order valence-corrected chi connectivity index (χ2v) is 4.01. The molecule has 5 nitrogen and oxygen atoms in total. The number of carboxylic acid groups (broad SMARTS) is 1. The Kier molecular flexibility index (Phi) is 2.74. The summed E-state index contributed by atoms with van der Waals surface area (Å²) in [5.41, 5.74) is 2.04. The predicted octanol–water partition coefficient (Wildman–Crippen LogP) is 2.54. The molecule has 0 atom stereocenters. The Morgan fingerprint density at radius 3 is 2.81 bits per heavy atom. The van der Waals surface area contributed by atoms with Gasteiger partial charge in [0.15, 0.2) is 0 Å². The number of aromatic nitrogens is 3. The highest BCUT2D eigenvalue weighted by atomic mass is 79.9. The molecule has 0 aliphatic carbocycles. The molecule has 0 unspecified atom stereocenters. The van der Waals surface area contributed by atoms with Crippen molar-refractivity contribution in [3.63, 3.8) is 0 Å². The van der Waals surface area contributed by atoms with Crippen molar-refractivity contribution in [3.05, 3.63) is 34.7 Å². The normalized spacial score (nSPS) is 10.4. The van der Waals surface area contributed by atoms with Gasteiger partial charge in [-0.15, -0.1) is 0 Å². The van der Waals surface area contributed by atoms with Crippen LogP contribution in [0.25, 0.3) is 11.3 Å². The van der Waals surface area contributed by atoms with Gasteiger partial charge in [0.25, 0.3) is 0 Å². The SMILES string of the molecule is Cc1nn(C(=O)O)cc1-c1cccc(Br)n1. The quantitative estimate of drug-likeness (QED) is 0.816. The number of aryl methyl sites for hydroxylation is 1. The number of nitrogens with zero attached hydrogens (tertiary/aromatic N) is 3. The fraction of sp³-hybridized carbons (Fsp3) is 0.100. The second-order valence-electron chi connectivity index (χ2n) is 3.20. The van der Waals surface area contributed by atoms with E-state index in [1.54, 1.807) is 19.1 Å². The Balaban J connectivity index is 2.52. The molecular formula is C10H8BrN3O2. The minimum absolute atomic E-state index is 0.632. The van der Waals surface area contributed by atoms with Crippen molar-refractivity contribution >= 4 is 22.0 Å². The lowest BCUT2D eigenvalue weighted by molar-refractivity contribution is 0.192. The molecule has 0 amide bonds. The van der Waals surface area contributed by atoms with E-state index in [-0.39, 0.29) is 0 Å². The lowest BCUT2D eigenvalue weighted by atomic mass is 10.2. The zero-order valence-corrected chi connectivity index (χ0v) is 9.97. The van der Waals surface area contributed by atoms with Gasteiger partial charge in [-0.1, -0.05) is 6.07 Å². The van der Waals surface area contributed by atoms with Gasteiger partial charge in [0.05, 0.1) is 11.4 Å². The topological polar surface area (TPSA) is 68.0 Å². The molecule has 16 heavy (non-hydrogen) atoms. The van der Waals surface area contributed by atoms with Gasteiger partial charge in [0.2, 0.25) is 0 Å². The summed E-state index contributed by atoms with van der Waals surface area (Å²) in [4.78, 5) is 15.0. The van der Waals surface area contributed by atoms with Crippen molar-refractivity contribution in [1.82, 2.24) is 14.8 Å². The summed E-state index contributed by atoms with van der Waals surface area (Å²) in [7, 11) is 0. The van der Waals surface area contributed by atoms with Gasteiger partial charge in [0, 0.05) is 11.8 Å². The van der Waals surface area contributed by atoms with Gasteiger partial charge in [-0.05, 0) is 35.0 Å². The minimum Gasteiger partial charge on any atom is -0.463 e. The van der Waals surface area contributed by atoms with E-state index in [0.717, 1.165) is 4.68 Å². The van der Waals surface area contributed by atoms with Crippen LogP contribution in [0, 0.1) is 6.92 Å². The summed E-state index contributed by atoms with van der Waals surface area (Å²) in [6, 6.07) is 5.45. The molecule has 6 heteroatoms. The van der Waals surface area contributed by atoms with Crippen molar-refractivity contribution < 1.29 is 9.90 Å². The fourth-order valence-corrected chi connectivity index (χ4v) is 1.71. The van der Waals surface area contributed by atoms with Crippen LogP contribution in [0.3, 0.4) is 0 Å². The highest BCUT2D eigenvalue weighted by Crippen LogP contribution is 2.21. The van der Waals surface area contributed by atoms with E-state index in [1.165, 1.54) is 6.20 Å². The van der Waals surface area contributed by atoms with Crippen molar-refractivity contribution in [2.24, 2.45) is 0 Å². The Morgan fingerprint density at radius 2 is 2.25 bits per heavy atom. The van der Waals surface area contributed by atoms with Crippen LogP contribution in [-0.2, 0) is 0 Å². The molecule has 2 heterocycles. The van der Waals surface area contributed by atoms with E-state index in [4.69, 9.17) is 5.11 Å². The average Bonchev–Trinajstić information content (AvgIpc) is 2.60. The number of rotatable bonds is 1. The first-order valence-corrected chi connectivity index (χ1v) is 5.30. The first-order valence-electron chi connectivity index (χ1n) is 4.50. The molecule has 0 saturated carbocycles. The van der Waals surface area contributed by atoms with Crippen molar-refractivity contribution in [3.8, 4) is 11.3 Å². The maximum Gasteiger partial charge on any atom is 0.432 e. The molecule has 82 valence electrons. The highest BCUT2D eigenvalue weighted by molar-refractivity contribution is 9.10. The van der Waals surface area contributed by atoms with E-state index < -0.39 is 6.09 Å². The molecule has 0 fully saturated rings. The summed E-state index contributed by atoms with van der Waals surface area (Å²) in [6.45, 7) is 1.75. The van der Waals surface area contributed by atoms with Gasteiger partial charge < -0.3 is 5.11 Å². The van der Waals surface area contributed by atoms with Crippen molar-refractivity contribution in [2.75, 3.05) is 0 Å². The summed E-state index contributed by atoms with van der Waals surface area (Å²) in [5.74, 6) is 0. The van der Waals surface area contributed by atoms with E-state index in [0.29, 0.717) is 21.6 Å². The Labute approximate surface area is 99.9 Å². The zero-order chi connectivity index (χ0) is 11.7. The van der Waals surface area contributed by atoms with Gasteiger partial charge in [-0.2, -0.15) is 9.78 Å². The van der Waals surface area contributed by atoms with E-state index >= 15 is 0 Å². The van der Waals surface area contributed by atoms with E-state index in [2.05, 4.69) is 26.0 Å². The molecule has 0 spiro atoms. The van der Waals surface area contributed by atoms with Gasteiger partial charge in [-0.25, -0.2) is 9.78 Å². The molecule has 0 aromatic carbocycles. The molecule has 1 N–H and O–H groups in total. The summed E-state index contributed by atoms with van der Waals surface area (Å²) in [6.07, 6.45) is 0.344. The second kappa shape index (κ2) is 4.05. The van der Waals surface area contributed by atoms with Crippen molar-refractivity contribution in [1.29, 1.82) is 0 Å². The summed E-state index contributed by atoms with van der Waals surface area (Å²) < 4.78 is 1.58. The van der Waals surface area contributed by atoms with Crippen LogP contribution < -0.4 is 0 Å². The molecule has 0 bridgehead atoms. The smallest absolute Gasteiger partial charge is 0.432 e. The van der Waals surface area contributed by atoms with Crippen LogP contribution in [0.15, 0.2) is 29.0 Å². The molecule has 2 aromatic rings. The third-order valence-corrected chi connectivity index (χ3v) is 2.53. The van der Waals surface area contributed by atoms with Gasteiger partial charge >= 0.3 is 6.09 Å². The largest absolute Gasteiger partial charge is 0.463 e. The fourth-order valence-electron chi connectivity index (χ4n) is 1.37. The molecule has 0 aliphatic heterocycles. The molecule has 0 radical (unpaired) electrons. The Morgan fingerprint density at radius 1 is 1.50 bits per heavy atom. The monoisotopic (exact) mass is 281 g/mol. The summed E-state index contributed by atoms with van der Waals surface area (Å²) >= 11 is 3.27. The lowest BCUT2D eigenvalue weighted by Gasteiger charge is -1.97. The first kappa shape index (κ1) is 10.8. The lowest BCUT2D eigenvalue weighted by Crippen LogP contribution is -2.07. The van der Waals surface area contributed by atoms with Crippen LogP contribution in [0.2, 0.25) is 0 Å². The number of carbonyl (C=O) groups is 1. The maximum absolute atomic E-state index is 10.7. The van der Waals surface area contributed by atoms with E-state index in [9.17, 15) is 4.79 Å². The number of halogens is 1. The average molecular weight is 282 g/mol. The van der Waals surface area contributed by atoms with Crippen LogP contribution in [0.1, 0.15) is 5.69 Å². The third-order valence-electron chi connectivity index (χ3n) is 2.09. The Bertz CT molecular complexity index is 551. The molecule has 2 aromatic heterocycles. The standard InChI is InChI=1S/C10H8BrN3O2/c1-6-7(5-14(13-6)10(15)16)8-3-2-4-9(11)12-8/h2-5H,1H3,(H,15,16). The Hall–Kier alpha value is -1.69. The third kappa shape index (κ3) is 1.96. The van der Waals surface area contributed by atoms with Crippen LogP contribution in [0.5, 0.6) is 0 Å². The van der Waals surface area contributed by atoms with Gasteiger partial charge in [0.1, 0.15) is 4.60 Å². The molecule has 2 rings (SSSR count). The molecule has 0 aliphatic rings.